The number of hydrogen-bond donors (Lipinski definition) is 0. The van der Waals surface area contributed by atoms with Crippen LogP contribution in [-0.2, 0) is 0 Å². The fraction of sp³-hybridized carbons (Fsp3) is 0.250. The van der Waals surface area contributed by atoms with Crippen molar-refractivity contribution >= 4 is 52.3 Å². The average Bonchev–Trinajstić information content (AvgIpc) is 2.05. The van der Waals surface area contributed by atoms with Crippen LogP contribution in [0.3, 0.4) is 0 Å². The molecule has 0 heterocycles. The van der Waals surface area contributed by atoms with Gasteiger partial charge in [0.15, 0.2) is 0 Å². The van der Waals surface area contributed by atoms with E-state index in [2.05, 4.69) is 0 Å². The molecule has 0 bridgehead atoms. The Kier molecular flexibility index (Phi) is 4.12. The second-order valence-corrected chi connectivity index (χ2v) is 6.99. The van der Waals surface area contributed by atoms with Crippen molar-refractivity contribution < 1.29 is 4.92 Å². The predicted molar refractivity (Wildman–Crippen MR) is 64.0 cm³/mol. The highest BCUT2D eigenvalue weighted by Gasteiger charge is 2.22. The third-order valence-electron chi connectivity index (χ3n) is 1.61. The van der Waals surface area contributed by atoms with Crippen LogP contribution in [0, 0.1) is 17.0 Å². The van der Waals surface area contributed by atoms with E-state index in [9.17, 15) is 10.1 Å². The molecule has 0 amide bonds. The van der Waals surface area contributed by atoms with Gasteiger partial charge in [-0.2, -0.15) is 0 Å². The highest BCUT2D eigenvalue weighted by Crippen LogP contribution is 2.44. The number of nitro groups is 1. The maximum Gasteiger partial charge on any atom is 0.273 e. The molecule has 0 unspecified atom stereocenters. The summed E-state index contributed by atoms with van der Waals surface area (Å²) in [5.41, 5.74) is 0.600. The Balaban J connectivity index is 3.03. The van der Waals surface area contributed by atoms with E-state index in [1.54, 1.807) is 19.1 Å². The summed E-state index contributed by atoms with van der Waals surface area (Å²) in [6.45, 7) is 1.65. The summed E-state index contributed by atoms with van der Waals surface area (Å²) in [6.07, 6.45) is 0. The summed E-state index contributed by atoms with van der Waals surface area (Å²) in [7, 11) is 0. The van der Waals surface area contributed by atoms with Crippen molar-refractivity contribution in [1.29, 1.82) is 0 Å². The maximum absolute atomic E-state index is 10.6. The summed E-state index contributed by atoms with van der Waals surface area (Å²) >= 11 is 17.6. The van der Waals surface area contributed by atoms with Crippen LogP contribution in [0.4, 0.5) is 5.69 Å². The van der Waals surface area contributed by atoms with Crippen LogP contribution in [0.1, 0.15) is 5.56 Å². The van der Waals surface area contributed by atoms with E-state index in [0.717, 1.165) is 11.8 Å². The Morgan fingerprint density at radius 2 is 2.00 bits per heavy atom. The SMILES string of the molecule is Cc1ccc(SC(Cl)(Cl)Cl)cc1[N+](=O)[O-]. The first-order valence-corrected chi connectivity index (χ1v) is 5.75. The van der Waals surface area contributed by atoms with Crippen LogP contribution in [-0.4, -0.2) is 8.05 Å². The lowest BCUT2D eigenvalue weighted by Gasteiger charge is -2.09. The van der Waals surface area contributed by atoms with E-state index in [4.69, 9.17) is 34.8 Å². The van der Waals surface area contributed by atoms with Gasteiger partial charge in [-0.15, -0.1) is 0 Å². The molecule has 0 aromatic heterocycles. The highest BCUT2D eigenvalue weighted by molar-refractivity contribution is 8.04. The van der Waals surface area contributed by atoms with Gasteiger partial charge in [-0.3, -0.25) is 10.1 Å². The monoisotopic (exact) mass is 285 g/mol. The first-order valence-electron chi connectivity index (χ1n) is 3.80. The number of rotatable bonds is 2. The predicted octanol–water partition coefficient (Wildman–Crippen LogP) is 4.32. The molecule has 0 aliphatic carbocycles. The van der Waals surface area contributed by atoms with Crippen LogP contribution in [0.25, 0.3) is 0 Å². The molecule has 0 aliphatic rings. The molecule has 7 heteroatoms. The van der Waals surface area contributed by atoms with E-state index in [0.29, 0.717) is 10.5 Å². The van der Waals surface area contributed by atoms with E-state index >= 15 is 0 Å². The van der Waals surface area contributed by atoms with E-state index < -0.39 is 8.05 Å². The number of nitrogens with zero attached hydrogens (tertiary/aromatic N) is 1. The number of thioether (sulfide) groups is 1. The second-order valence-electron chi connectivity index (χ2n) is 2.75. The molecule has 0 atom stereocenters. The third-order valence-corrected chi connectivity index (χ3v) is 3.03. The summed E-state index contributed by atoms with van der Waals surface area (Å²) < 4.78 is -1.51. The summed E-state index contributed by atoms with van der Waals surface area (Å²) in [5.74, 6) is 0. The number of benzene rings is 1. The van der Waals surface area contributed by atoms with Crippen molar-refractivity contribution in [2.24, 2.45) is 0 Å². The molecule has 0 spiro atoms. The van der Waals surface area contributed by atoms with Crippen molar-refractivity contribution in [3.63, 3.8) is 0 Å². The van der Waals surface area contributed by atoms with E-state index in [1.807, 2.05) is 0 Å². The minimum atomic E-state index is -1.51. The van der Waals surface area contributed by atoms with Crippen LogP contribution >= 0.6 is 46.6 Å². The van der Waals surface area contributed by atoms with Crippen LogP contribution in [0.5, 0.6) is 0 Å². The second kappa shape index (κ2) is 4.78. The van der Waals surface area contributed by atoms with Gasteiger partial charge >= 0.3 is 0 Å². The third kappa shape index (κ3) is 4.07. The van der Waals surface area contributed by atoms with Gasteiger partial charge in [-0.25, -0.2) is 0 Å². The first-order chi connectivity index (χ1) is 6.79. The Hall–Kier alpha value is -0.160. The molecule has 1 aromatic rings. The number of aryl methyl sites for hydroxylation is 1. The van der Waals surface area contributed by atoms with Gasteiger partial charge in [0.05, 0.1) is 4.92 Å². The van der Waals surface area contributed by atoms with Gasteiger partial charge in [0.1, 0.15) is 0 Å². The largest absolute Gasteiger partial charge is 0.273 e. The van der Waals surface area contributed by atoms with E-state index in [-0.39, 0.29) is 5.69 Å². The number of nitro benzene ring substituents is 1. The molecular weight excluding hydrogens is 281 g/mol. The molecule has 0 radical (unpaired) electrons. The minimum absolute atomic E-state index is 0.0225. The first kappa shape index (κ1) is 12.9. The smallest absolute Gasteiger partial charge is 0.258 e. The maximum atomic E-state index is 10.6. The molecule has 0 saturated heterocycles. The van der Waals surface area contributed by atoms with Gasteiger partial charge in [0, 0.05) is 16.5 Å². The van der Waals surface area contributed by atoms with Crippen LogP contribution < -0.4 is 0 Å². The molecule has 1 rings (SSSR count). The van der Waals surface area contributed by atoms with E-state index in [1.165, 1.54) is 6.07 Å². The van der Waals surface area contributed by atoms with Gasteiger partial charge in [0.2, 0.25) is 3.12 Å². The van der Waals surface area contributed by atoms with Crippen molar-refractivity contribution in [3.8, 4) is 0 Å². The van der Waals surface area contributed by atoms with Crippen molar-refractivity contribution in [2.75, 3.05) is 0 Å². The van der Waals surface area contributed by atoms with Crippen molar-refractivity contribution in [1.82, 2.24) is 0 Å². The fourth-order valence-electron chi connectivity index (χ4n) is 0.983. The van der Waals surface area contributed by atoms with Crippen molar-refractivity contribution in [3.05, 3.63) is 33.9 Å². The quantitative estimate of drug-likeness (QED) is 0.352. The Labute approximate surface area is 106 Å². The lowest BCUT2D eigenvalue weighted by Crippen LogP contribution is -1.95. The Morgan fingerprint density at radius 1 is 1.40 bits per heavy atom. The average molecular weight is 287 g/mol. The zero-order chi connectivity index (χ0) is 11.6. The number of halogens is 3. The molecule has 0 saturated carbocycles. The number of alkyl halides is 3. The molecule has 1 aromatic carbocycles. The lowest BCUT2D eigenvalue weighted by molar-refractivity contribution is -0.385. The summed E-state index contributed by atoms with van der Waals surface area (Å²) in [6, 6.07) is 4.69. The minimum Gasteiger partial charge on any atom is -0.258 e. The summed E-state index contributed by atoms with van der Waals surface area (Å²) in [4.78, 5) is 10.7. The van der Waals surface area contributed by atoms with Gasteiger partial charge in [-0.05, 0) is 13.0 Å². The molecule has 3 nitrogen and oxygen atoms in total. The highest BCUT2D eigenvalue weighted by atomic mass is 35.6. The topological polar surface area (TPSA) is 43.1 Å². The van der Waals surface area contributed by atoms with Crippen molar-refractivity contribution in [2.45, 2.75) is 14.9 Å². The van der Waals surface area contributed by atoms with Gasteiger partial charge in [-0.1, -0.05) is 52.6 Å². The van der Waals surface area contributed by atoms with Crippen LogP contribution in [0.15, 0.2) is 23.1 Å². The Bertz CT molecular complexity index is 392. The lowest BCUT2D eigenvalue weighted by atomic mass is 10.2. The summed E-state index contributed by atoms with van der Waals surface area (Å²) in [5, 5.41) is 10.6. The standard InChI is InChI=1S/C8H6Cl3NO2S/c1-5-2-3-6(15-8(9,10)11)4-7(5)12(13)14/h2-4H,1H3. The number of hydrogen-bond acceptors (Lipinski definition) is 3. The molecule has 15 heavy (non-hydrogen) atoms. The Morgan fingerprint density at radius 3 is 2.47 bits per heavy atom. The zero-order valence-corrected chi connectivity index (χ0v) is 10.6. The molecule has 0 N–H and O–H groups in total. The van der Waals surface area contributed by atoms with Crippen LogP contribution in [0.2, 0.25) is 0 Å². The fourth-order valence-corrected chi connectivity index (χ4v) is 2.36. The molecule has 82 valence electrons. The van der Waals surface area contributed by atoms with Gasteiger partial charge in [0.25, 0.3) is 5.69 Å². The molecule has 0 fully saturated rings. The van der Waals surface area contributed by atoms with Gasteiger partial charge < -0.3 is 0 Å². The zero-order valence-electron chi connectivity index (χ0n) is 7.54. The normalized spacial score (nSPS) is 11.5. The molecule has 0 aliphatic heterocycles. The molecular formula is C8H6Cl3NO2S.